The highest BCUT2D eigenvalue weighted by molar-refractivity contribution is 5.25. The summed E-state index contributed by atoms with van der Waals surface area (Å²) in [6.07, 6.45) is 1.76. The third-order valence-electron chi connectivity index (χ3n) is 3.35. The zero-order chi connectivity index (χ0) is 11.2. The van der Waals surface area contributed by atoms with Gasteiger partial charge in [0.2, 0.25) is 5.82 Å². The number of benzene rings is 1. The number of hydrogen-bond donors (Lipinski definition) is 0. The van der Waals surface area contributed by atoms with E-state index in [1.165, 1.54) is 12.1 Å². The van der Waals surface area contributed by atoms with E-state index in [1.807, 2.05) is 0 Å². The maximum absolute atomic E-state index is 13.3. The molecule has 1 aliphatic carbocycles. The lowest BCUT2D eigenvalue weighted by molar-refractivity contribution is -0.191. The second kappa shape index (κ2) is 3.42. The van der Waals surface area contributed by atoms with Crippen molar-refractivity contribution < 1.29 is 18.3 Å². The lowest BCUT2D eigenvalue weighted by Crippen LogP contribution is -2.56. The number of rotatable bonds is 2. The summed E-state index contributed by atoms with van der Waals surface area (Å²) < 4.78 is 36.7. The van der Waals surface area contributed by atoms with Crippen molar-refractivity contribution in [3.8, 4) is 5.75 Å². The Kier molecular flexibility index (Phi) is 2.14. The summed E-state index contributed by atoms with van der Waals surface area (Å²) >= 11 is 0. The van der Waals surface area contributed by atoms with Crippen LogP contribution in [0.25, 0.3) is 0 Å². The van der Waals surface area contributed by atoms with Gasteiger partial charge in [-0.05, 0) is 25.0 Å². The van der Waals surface area contributed by atoms with E-state index in [-0.39, 0.29) is 17.3 Å². The van der Waals surface area contributed by atoms with Crippen molar-refractivity contribution in [3.05, 3.63) is 29.8 Å². The quantitative estimate of drug-likeness (QED) is 0.771. The molecule has 0 amide bonds. The monoisotopic (exact) mass is 226 g/mol. The molecule has 1 aliphatic heterocycles. The van der Waals surface area contributed by atoms with E-state index in [4.69, 9.17) is 9.47 Å². The minimum Gasteiger partial charge on any atom is -0.487 e. The van der Waals surface area contributed by atoms with Crippen LogP contribution in [0.3, 0.4) is 0 Å². The Morgan fingerprint density at radius 1 is 1.25 bits per heavy atom. The van der Waals surface area contributed by atoms with Crippen LogP contribution in [0.15, 0.2) is 18.2 Å². The van der Waals surface area contributed by atoms with Crippen LogP contribution in [0.2, 0.25) is 0 Å². The fraction of sp³-hybridized carbons (Fsp3) is 0.500. The van der Waals surface area contributed by atoms with Crippen LogP contribution < -0.4 is 4.74 Å². The smallest absolute Gasteiger partial charge is 0.200 e. The summed E-state index contributed by atoms with van der Waals surface area (Å²) in [5.74, 6) is -1.74. The molecule has 1 aromatic carbocycles. The fourth-order valence-electron chi connectivity index (χ4n) is 2.37. The molecule has 2 aliphatic rings. The molecule has 0 N–H and O–H groups in total. The minimum atomic E-state index is -0.895. The first-order chi connectivity index (χ1) is 7.69. The molecule has 4 heteroatoms. The van der Waals surface area contributed by atoms with Gasteiger partial charge in [-0.15, -0.1) is 0 Å². The fourth-order valence-corrected chi connectivity index (χ4v) is 2.37. The minimum absolute atomic E-state index is 0.000185. The van der Waals surface area contributed by atoms with Crippen LogP contribution in [0, 0.1) is 17.0 Å². The van der Waals surface area contributed by atoms with Gasteiger partial charge >= 0.3 is 0 Å². The van der Waals surface area contributed by atoms with Crippen molar-refractivity contribution in [2.45, 2.75) is 18.9 Å². The van der Waals surface area contributed by atoms with Gasteiger partial charge in [0.15, 0.2) is 11.6 Å². The highest BCUT2D eigenvalue weighted by Gasteiger charge is 2.51. The van der Waals surface area contributed by atoms with E-state index < -0.39 is 11.6 Å². The Labute approximate surface area is 92.2 Å². The lowest BCUT2D eigenvalue weighted by Gasteiger charge is -2.52. The largest absolute Gasteiger partial charge is 0.487 e. The summed E-state index contributed by atoms with van der Waals surface area (Å²) in [5.41, 5.74) is 0.272. The third kappa shape index (κ3) is 1.48. The normalized spacial score (nSPS) is 22.6. The molecule has 0 atom stereocenters. The zero-order valence-electron chi connectivity index (χ0n) is 8.71. The molecule has 1 heterocycles. The molecule has 3 rings (SSSR count). The summed E-state index contributed by atoms with van der Waals surface area (Å²) in [6.45, 7) is 1.55. The van der Waals surface area contributed by atoms with Gasteiger partial charge in [0.25, 0.3) is 0 Å². The molecular weight excluding hydrogens is 214 g/mol. The summed E-state index contributed by atoms with van der Waals surface area (Å²) in [5, 5.41) is 0. The lowest BCUT2D eigenvalue weighted by atomic mass is 9.65. The van der Waals surface area contributed by atoms with Crippen molar-refractivity contribution >= 4 is 0 Å². The van der Waals surface area contributed by atoms with Gasteiger partial charge in [0.1, 0.15) is 6.10 Å². The van der Waals surface area contributed by atoms with E-state index in [2.05, 4.69) is 0 Å². The molecule has 2 fully saturated rings. The molecular formula is C12H12F2O2. The van der Waals surface area contributed by atoms with E-state index in [0.717, 1.165) is 32.1 Å². The third-order valence-corrected chi connectivity index (χ3v) is 3.35. The molecule has 1 saturated heterocycles. The molecule has 1 saturated carbocycles. The molecule has 86 valence electrons. The highest BCUT2D eigenvalue weighted by atomic mass is 19.2. The number of ether oxygens (including phenoxy) is 2. The molecule has 0 bridgehead atoms. The highest BCUT2D eigenvalue weighted by Crippen LogP contribution is 2.48. The van der Waals surface area contributed by atoms with Crippen LogP contribution in [0.4, 0.5) is 8.78 Å². The Balaban J connectivity index is 1.65. The van der Waals surface area contributed by atoms with Crippen LogP contribution in [0.5, 0.6) is 5.75 Å². The Morgan fingerprint density at radius 2 is 2.00 bits per heavy atom. The number of halogens is 2. The second-order valence-corrected chi connectivity index (χ2v) is 4.69. The molecule has 1 aromatic rings. The first kappa shape index (κ1) is 10.0. The second-order valence-electron chi connectivity index (χ2n) is 4.69. The van der Waals surface area contributed by atoms with Gasteiger partial charge in [-0.1, -0.05) is 6.07 Å². The maximum Gasteiger partial charge on any atom is 0.200 e. The van der Waals surface area contributed by atoms with Crippen LogP contribution in [0.1, 0.15) is 12.8 Å². The Bertz CT molecular complexity index is 407. The topological polar surface area (TPSA) is 18.5 Å². The van der Waals surface area contributed by atoms with Crippen LogP contribution in [-0.2, 0) is 4.74 Å². The van der Waals surface area contributed by atoms with Crippen LogP contribution >= 0.6 is 0 Å². The van der Waals surface area contributed by atoms with E-state index in [1.54, 1.807) is 0 Å². The average molecular weight is 226 g/mol. The zero-order valence-corrected chi connectivity index (χ0v) is 8.71. The van der Waals surface area contributed by atoms with E-state index in [0.29, 0.717) is 0 Å². The van der Waals surface area contributed by atoms with Gasteiger partial charge in [-0.3, -0.25) is 0 Å². The van der Waals surface area contributed by atoms with Crippen molar-refractivity contribution in [2.75, 3.05) is 13.2 Å². The Hall–Kier alpha value is -1.16. The first-order valence-corrected chi connectivity index (χ1v) is 5.37. The summed E-state index contributed by atoms with van der Waals surface area (Å²) in [7, 11) is 0. The van der Waals surface area contributed by atoms with Crippen molar-refractivity contribution in [3.63, 3.8) is 0 Å². The van der Waals surface area contributed by atoms with Crippen LogP contribution in [-0.4, -0.2) is 19.3 Å². The predicted molar refractivity (Wildman–Crippen MR) is 53.3 cm³/mol. The Morgan fingerprint density at radius 3 is 2.62 bits per heavy atom. The van der Waals surface area contributed by atoms with Gasteiger partial charge < -0.3 is 9.47 Å². The first-order valence-electron chi connectivity index (χ1n) is 5.37. The molecule has 0 unspecified atom stereocenters. The van der Waals surface area contributed by atoms with Gasteiger partial charge in [-0.2, -0.15) is 4.39 Å². The summed E-state index contributed by atoms with van der Waals surface area (Å²) in [6, 6.07) is 4.00. The van der Waals surface area contributed by atoms with E-state index >= 15 is 0 Å². The summed E-state index contributed by atoms with van der Waals surface area (Å²) in [4.78, 5) is 0. The molecule has 0 radical (unpaired) electrons. The maximum atomic E-state index is 13.3. The van der Waals surface area contributed by atoms with Gasteiger partial charge in [0, 0.05) is 5.41 Å². The average Bonchev–Trinajstić information content (AvgIpc) is 2.14. The SMILES string of the molecule is Fc1cccc(OC2CC3(COC3)C2)c1F. The van der Waals surface area contributed by atoms with Crippen molar-refractivity contribution in [1.82, 2.24) is 0 Å². The van der Waals surface area contributed by atoms with Crippen molar-refractivity contribution in [2.24, 2.45) is 5.41 Å². The van der Waals surface area contributed by atoms with Gasteiger partial charge in [-0.25, -0.2) is 4.39 Å². The molecule has 1 spiro atoms. The van der Waals surface area contributed by atoms with E-state index in [9.17, 15) is 8.78 Å². The van der Waals surface area contributed by atoms with Gasteiger partial charge in [0.05, 0.1) is 13.2 Å². The number of hydrogen-bond acceptors (Lipinski definition) is 2. The predicted octanol–water partition coefficient (Wildman–Crippen LogP) is 2.52. The standard InChI is InChI=1S/C12H12F2O2/c13-9-2-1-3-10(11(9)14)16-8-4-12(5-8)6-15-7-12/h1-3,8H,4-7H2. The molecule has 16 heavy (non-hydrogen) atoms. The molecule has 0 aromatic heterocycles. The molecule has 2 nitrogen and oxygen atoms in total. The van der Waals surface area contributed by atoms with Crippen molar-refractivity contribution in [1.29, 1.82) is 0 Å².